The second-order valence-corrected chi connectivity index (χ2v) is 6.00. The Labute approximate surface area is 161 Å². The molecule has 3 aromatic rings. The van der Waals surface area contributed by atoms with Gasteiger partial charge in [0.1, 0.15) is 5.65 Å². The second kappa shape index (κ2) is 10.4. The lowest BCUT2D eigenvalue weighted by Crippen LogP contribution is -2.31. The summed E-state index contributed by atoms with van der Waals surface area (Å²) in [6.07, 6.45) is 5.27. The maximum atomic E-state index is 5.78. The highest BCUT2D eigenvalue weighted by Crippen LogP contribution is 2.10. The van der Waals surface area contributed by atoms with Crippen molar-refractivity contribution in [1.82, 2.24) is 14.3 Å². The average Bonchev–Trinajstić information content (AvgIpc) is 2.95. The van der Waals surface area contributed by atoms with Crippen molar-refractivity contribution in [3.05, 3.63) is 71.7 Å². The van der Waals surface area contributed by atoms with Crippen LogP contribution in [0.2, 0.25) is 0 Å². The lowest BCUT2D eigenvalue weighted by Gasteiger charge is -2.20. The van der Waals surface area contributed by atoms with Crippen molar-refractivity contribution < 1.29 is 0 Å². The minimum atomic E-state index is 0. The van der Waals surface area contributed by atoms with Gasteiger partial charge in [0.05, 0.1) is 5.69 Å². The smallest absolute Gasteiger partial charge is 0.137 e. The van der Waals surface area contributed by atoms with E-state index < -0.39 is 0 Å². The normalized spacial score (nSPS) is 10.5. The standard InChI is InChI=1S/C19H24N4.2ClH/c1-16-7-8-19-21-18(15-23(19)13-16)14-22(12-10-20)11-9-17-5-3-2-4-6-17;;/h2-8,13,15H,9-12,14,20H2,1H3;2*1H. The predicted octanol–water partition coefficient (Wildman–Crippen LogP) is 3.49. The number of imidazole rings is 1. The van der Waals surface area contributed by atoms with Crippen LogP contribution in [0.5, 0.6) is 0 Å². The minimum absolute atomic E-state index is 0. The van der Waals surface area contributed by atoms with E-state index in [4.69, 9.17) is 10.7 Å². The molecule has 25 heavy (non-hydrogen) atoms. The zero-order valence-electron chi connectivity index (χ0n) is 14.5. The van der Waals surface area contributed by atoms with E-state index >= 15 is 0 Å². The van der Waals surface area contributed by atoms with E-state index in [1.165, 1.54) is 11.1 Å². The van der Waals surface area contributed by atoms with Gasteiger partial charge < -0.3 is 10.1 Å². The first-order valence-electron chi connectivity index (χ1n) is 8.15. The van der Waals surface area contributed by atoms with Crippen LogP contribution in [-0.4, -0.2) is 33.9 Å². The average molecular weight is 381 g/mol. The van der Waals surface area contributed by atoms with Crippen molar-refractivity contribution >= 4 is 30.5 Å². The lowest BCUT2D eigenvalue weighted by atomic mass is 10.1. The maximum Gasteiger partial charge on any atom is 0.137 e. The number of hydrogen-bond acceptors (Lipinski definition) is 3. The molecule has 0 bridgehead atoms. The van der Waals surface area contributed by atoms with Gasteiger partial charge in [-0.15, -0.1) is 24.8 Å². The molecule has 2 aromatic heterocycles. The van der Waals surface area contributed by atoms with Gasteiger partial charge in [0.2, 0.25) is 0 Å². The molecule has 0 atom stereocenters. The maximum absolute atomic E-state index is 5.78. The predicted molar refractivity (Wildman–Crippen MR) is 109 cm³/mol. The Morgan fingerprint density at radius 2 is 1.76 bits per heavy atom. The Kier molecular flexibility index (Phi) is 8.93. The number of rotatable bonds is 7. The molecule has 0 fully saturated rings. The minimum Gasteiger partial charge on any atom is -0.329 e. The fourth-order valence-corrected chi connectivity index (χ4v) is 2.85. The molecule has 0 aliphatic rings. The summed E-state index contributed by atoms with van der Waals surface area (Å²) in [6, 6.07) is 14.7. The zero-order valence-corrected chi connectivity index (χ0v) is 16.1. The van der Waals surface area contributed by atoms with Crippen LogP contribution >= 0.6 is 24.8 Å². The van der Waals surface area contributed by atoms with Crippen LogP contribution in [-0.2, 0) is 13.0 Å². The Morgan fingerprint density at radius 1 is 1.00 bits per heavy atom. The van der Waals surface area contributed by atoms with Gasteiger partial charge >= 0.3 is 0 Å². The molecular formula is C19H26Cl2N4. The number of pyridine rings is 1. The highest BCUT2D eigenvalue weighted by molar-refractivity contribution is 5.85. The SMILES string of the molecule is Cc1ccc2nc(CN(CCN)CCc3ccccc3)cn2c1.Cl.Cl. The number of aryl methyl sites for hydroxylation is 1. The molecule has 3 rings (SSSR count). The topological polar surface area (TPSA) is 46.6 Å². The summed E-state index contributed by atoms with van der Waals surface area (Å²) in [6.45, 7) is 5.49. The lowest BCUT2D eigenvalue weighted by molar-refractivity contribution is 0.273. The zero-order chi connectivity index (χ0) is 16.1. The Balaban J connectivity index is 0.00000156. The Morgan fingerprint density at radius 3 is 2.48 bits per heavy atom. The number of halogens is 2. The number of hydrogen-bond donors (Lipinski definition) is 1. The van der Waals surface area contributed by atoms with Gasteiger partial charge in [-0.3, -0.25) is 4.90 Å². The summed E-state index contributed by atoms with van der Waals surface area (Å²) in [4.78, 5) is 7.09. The number of benzene rings is 1. The summed E-state index contributed by atoms with van der Waals surface area (Å²) in [5, 5.41) is 0. The van der Waals surface area contributed by atoms with Gasteiger partial charge in [0.15, 0.2) is 0 Å². The third-order valence-electron chi connectivity index (χ3n) is 4.04. The van der Waals surface area contributed by atoms with Crippen LogP contribution in [0.1, 0.15) is 16.8 Å². The number of fused-ring (bicyclic) bond motifs is 1. The van der Waals surface area contributed by atoms with Crippen LogP contribution in [0.4, 0.5) is 0 Å². The quantitative estimate of drug-likeness (QED) is 0.682. The van der Waals surface area contributed by atoms with Gasteiger partial charge in [0.25, 0.3) is 0 Å². The van der Waals surface area contributed by atoms with Crippen LogP contribution in [0.25, 0.3) is 5.65 Å². The van der Waals surface area contributed by atoms with E-state index in [0.717, 1.165) is 37.4 Å². The number of nitrogens with two attached hydrogens (primary N) is 1. The van der Waals surface area contributed by atoms with E-state index in [1.807, 2.05) is 0 Å². The molecule has 0 amide bonds. The van der Waals surface area contributed by atoms with Crippen molar-refractivity contribution in [2.24, 2.45) is 5.73 Å². The monoisotopic (exact) mass is 380 g/mol. The first-order chi connectivity index (χ1) is 11.2. The third kappa shape index (κ3) is 6.01. The van der Waals surface area contributed by atoms with Crippen molar-refractivity contribution in [2.45, 2.75) is 19.9 Å². The van der Waals surface area contributed by atoms with Crippen LogP contribution < -0.4 is 5.73 Å². The van der Waals surface area contributed by atoms with Crippen LogP contribution in [0, 0.1) is 6.92 Å². The molecular weight excluding hydrogens is 355 g/mol. The molecule has 2 N–H and O–H groups in total. The molecule has 4 nitrogen and oxygen atoms in total. The molecule has 0 unspecified atom stereocenters. The van der Waals surface area contributed by atoms with E-state index in [1.54, 1.807) is 0 Å². The van der Waals surface area contributed by atoms with Gasteiger partial charge in [-0.2, -0.15) is 0 Å². The van der Waals surface area contributed by atoms with Gasteiger partial charge in [-0.1, -0.05) is 36.4 Å². The highest BCUT2D eigenvalue weighted by atomic mass is 35.5. The fraction of sp³-hybridized carbons (Fsp3) is 0.316. The van der Waals surface area contributed by atoms with E-state index in [-0.39, 0.29) is 24.8 Å². The largest absolute Gasteiger partial charge is 0.329 e. The summed E-state index contributed by atoms with van der Waals surface area (Å²) in [7, 11) is 0. The number of nitrogens with zero attached hydrogens (tertiary/aromatic N) is 3. The van der Waals surface area contributed by atoms with Crippen LogP contribution in [0.15, 0.2) is 54.9 Å². The summed E-state index contributed by atoms with van der Waals surface area (Å²) < 4.78 is 2.10. The molecule has 6 heteroatoms. The van der Waals surface area contributed by atoms with Gasteiger partial charge in [-0.05, 0) is 30.5 Å². The van der Waals surface area contributed by atoms with Crippen molar-refractivity contribution in [3.8, 4) is 0 Å². The first kappa shape index (κ1) is 21.5. The summed E-state index contributed by atoms with van der Waals surface area (Å²) in [5.41, 5.74) is 10.5. The second-order valence-electron chi connectivity index (χ2n) is 6.00. The number of aromatic nitrogens is 2. The first-order valence-corrected chi connectivity index (χ1v) is 8.15. The molecule has 0 saturated heterocycles. The molecule has 0 spiro atoms. The van der Waals surface area contributed by atoms with Crippen molar-refractivity contribution in [1.29, 1.82) is 0 Å². The van der Waals surface area contributed by atoms with E-state index in [9.17, 15) is 0 Å². The third-order valence-corrected chi connectivity index (χ3v) is 4.04. The molecule has 0 aliphatic heterocycles. The van der Waals surface area contributed by atoms with Crippen molar-refractivity contribution in [3.63, 3.8) is 0 Å². The van der Waals surface area contributed by atoms with E-state index in [0.29, 0.717) is 6.54 Å². The highest BCUT2D eigenvalue weighted by Gasteiger charge is 2.09. The molecule has 1 aromatic carbocycles. The molecule has 0 saturated carbocycles. The molecule has 2 heterocycles. The van der Waals surface area contributed by atoms with Crippen molar-refractivity contribution in [2.75, 3.05) is 19.6 Å². The van der Waals surface area contributed by atoms with Gasteiger partial charge in [-0.25, -0.2) is 4.98 Å². The molecule has 0 radical (unpaired) electrons. The Bertz CT molecular complexity index is 758. The Hall–Kier alpha value is -1.59. The molecule has 136 valence electrons. The fourth-order valence-electron chi connectivity index (χ4n) is 2.85. The van der Waals surface area contributed by atoms with Crippen LogP contribution in [0.3, 0.4) is 0 Å². The summed E-state index contributed by atoms with van der Waals surface area (Å²) in [5.74, 6) is 0. The van der Waals surface area contributed by atoms with E-state index in [2.05, 4.69) is 71.1 Å². The van der Waals surface area contributed by atoms with Gasteiger partial charge in [0, 0.05) is 38.6 Å². The summed E-state index contributed by atoms with van der Waals surface area (Å²) >= 11 is 0. The molecule has 0 aliphatic carbocycles.